The number of sulfonamides is 1. The normalized spacial score (nSPS) is 16.8. The van der Waals surface area contributed by atoms with Gasteiger partial charge in [-0.15, -0.1) is 0 Å². The van der Waals surface area contributed by atoms with E-state index in [-0.39, 0.29) is 60.8 Å². The second-order valence-electron chi connectivity index (χ2n) is 8.72. The van der Waals surface area contributed by atoms with Crippen molar-refractivity contribution in [1.82, 2.24) is 14.1 Å². The fraction of sp³-hybridized carbons (Fsp3) is 0.360. The number of carbonyl (C=O) groups is 4. The highest BCUT2D eigenvalue weighted by molar-refractivity contribution is 7.89. The molecule has 2 aliphatic rings. The summed E-state index contributed by atoms with van der Waals surface area (Å²) in [6.45, 7) is 0.261. The van der Waals surface area contributed by atoms with E-state index in [1.165, 1.54) is 53.8 Å². The molecular weight excluding hydrogens is 518 g/mol. The largest absolute Gasteiger partial charge is 0.497 e. The fourth-order valence-corrected chi connectivity index (χ4v) is 6.14. The number of hydrogen-bond donors (Lipinski definition) is 1. The average Bonchev–Trinajstić information content (AvgIpc) is 3.18. The Balaban J connectivity index is 1.38. The molecule has 0 saturated carbocycles. The van der Waals surface area contributed by atoms with Crippen LogP contribution in [0.3, 0.4) is 0 Å². The van der Waals surface area contributed by atoms with Gasteiger partial charge in [0.25, 0.3) is 11.8 Å². The number of aliphatic carboxylic acids is 1. The molecule has 2 aliphatic heterocycles. The number of hydrogen-bond acceptors (Lipinski definition) is 8. The van der Waals surface area contributed by atoms with Crippen LogP contribution in [0.4, 0.5) is 0 Å². The number of rotatable bonds is 9. The molecule has 0 bridgehead atoms. The van der Waals surface area contributed by atoms with Crippen molar-refractivity contribution in [2.24, 2.45) is 0 Å². The first-order valence-electron chi connectivity index (χ1n) is 11.8. The maximum absolute atomic E-state index is 13.2. The summed E-state index contributed by atoms with van der Waals surface area (Å²) in [4.78, 5) is 52.3. The van der Waals surface area contributed by atoms with Crippen LogP contribution in [0.5, 0.6) is 11.5 Å². The standard InChI is InChI=1S/C25H27N3O9S/c1-36-16-7-9-21(20(15-16)37-2)38(34,35)27-13-11-26(12-14-27)22(29)10-8-19(25(32)33)28-23(30)17-5-3-4-6-18(17)24(28)31/h3-7,9,15,19H,8,10-14H2,1-2H3,(H,32,33)/t19-/m0/s1. The van der Waals surface area contributed by atoms with Crippen LogP contribution < -0.4 is 9.47 Å². The number of carboxylic acids is 1. The summed E-state index contributed by atoms with van der Waals surface area (Å²) in [6, 6.07) is 8.95. The number of imide groups is 1. The van der Waals surface area contributed by atoms with Gasteiger partial charge < -0.3 is 19.5 Å². The van der Waals surface area contributed by atoms with Gasteiger partial charge in [0.2, 0.25) is 15.9 Å². The molecule has 2 aromatic carbocycles. The molecule has 1 N–H and O–H groups in total. The molecule has 0 aromatic heterocycles. The summed E-state index contributed by atoms with van der Waals surface area (Å²) >= 11 is 0. The van der Waals surface area contributed by atoms with Crippen molar-refractivity contribution in [2.45, 2.75) is 23.8 Å². The third-order valence-corrected chi connectivity index (χ3v) is 8.57. The Bertz CT molecular complexity index is 1350. The molecule has 38 heavy (non-hydrogen) atoms. The minimum atomic E-state index is -3.91. The molecule has 0 aliphatic carbocycles. The number of carboxylic acid groups (broad SMARTS) is 1. The number of methoxy groups -OCH3 is 2. The van der Waals surface area contributed by atoms with E-state index >= 15 is 0 Å². The Morgan fingerprint density at radius 2 is 1.55 bits per heavy atom. The summed E-state index contributed by atoms with van der Waals surface area (Å²) in [7, 11) is -1.10. The highest BCUT2D eigenvalue weighted by atomic mass is 32.2. The van der Waals surface area contributed by atoms with E-state index in [1.807, 2.05) is 0 Å². The zero-order valence-corrected chi connectivity index (χ0v) is 21.6. The molecule has 0 radical (unpaired) electrons. The molecule has 202 valence electrons. The summed E-state index contributed by atoms with van der Waals surface area (Å²) in [6.07, 6.45) is -0.495. The van der Waals surface area contributed by atoms with Gasteiger partial charge in [0.05, 0.1) is 25.3 Å². The van der Waals surface area contributed by atoms with Crippen LogP contribution >= 0.6 is 0 Å². The van der Waals surface area contributed by atoms with Gasteiger partial charge in [-0.1, -0.05) is 12.1 Å². The molecule has 0 spiro atoms. The second kappa shape index (κ2) is 10.8. The van der Waals surface area contributed by atoms with Crippen LogP contribution in [0.15, 0.2) is 47.4 Å². The van der Waals surface area contributed by atoms with Crippen LogP contribution in [-0.2, 0) is 19.6 Å². The highest BCUT2D eigenvalue weighted by Gasteiger charge is 2.43. The van der Waals surface area contributed by atoms with E-state index in [0.29, 0.717) is 10.6 Å². The van der Waals surface area contributed by atoms with Gasteiger partial charge in [0.15, 0.2) is 0 Å². The van der Waals surface area contributed by atoms with Crippen molar-refractivity contribution in [2.75, 3.05) is 40.4 Å². The fourth-order valence-electron chi connectivity index (χ4n) is 4.58. The van der Waals surface area contributed by atoms with Gasteiger partial charge in [-0.3, -0.25) is 19.3 Å². The SMILES string of the molecule is COc1ccc(S(=O)(=O)N2CCN(C(=O)CC[C@@H](C(=O)O)N3C(=O)c4ccccc4C3=O)CC2)c(OC)c1. The quantitative estimate of drug-likeness (QED) is 0.456. The van der Waals surface area contributed by atoms with Crippen LogP contribution in [0.1, 0.15) is 33.6 Å². The number of benzene rings is 2. The Kier molecular flexibility index (Phi) is 7.69. The van der Waals surface area contributed by atoms with Crippen LogP contribution in [0, 0.1) is 0 Å². The first-order valence-corrected chi connectivity index (χ1v) is 13.2. The number of nitrogens with zero attached hydrogens (tertiary/aromatic N) is 3. The van der Waals surface area contributed by atoms with Crippen molar-refractivity contribution < 1.29 is 42.2 Å². The minimum absolute atomic E-state index is 0.0224. The van der Waals surface area contributed by atoms with Gasteiger partial charge in [-0.25, -0.2) is 13.2 Å². The van der Waals surface area contributed by atoms with Crippen molar-refractivity contribution in [3.63, 3.8) is 0 Å². The summed E-state index contributed by atoms with van der Waals surface area (Å²) in [5.41, 5.74) is 0.252. The maximum atomic E-state index is 13.2. The molecule has 0 unspecified atom stereocenters. The smallest absolute Gasteiger partial charge is 0.326 e. The Labute approximate surface area is 219 Å². The molecule has 4 rings (SSSR count). The van der Waals surface area contributed by atoms with Crippen LogP contribution in [0.25, 0.3) is 0 Å². The Hall–Kier alpha value is -3.97. The van der Waals surface area contributed by atoms with E-state index in [9.17, 15) is 32.7 Å². The second-order valence-corrected chi connectivity index (χ2v) is 10.6. The molecule has 2 aromatic rings. The summed E-state index contributed by atoms with van der Waals surface area (Å²) < 4.78 is 38.0. The topological polar surface area (TPSA) is 151 Å². The predicted molar refractivity (Wildman–Crippen MR) is 132 cm³/mol. The number of carbonyl (C=O) groups excluding carboxylic acids is 3. The molecule has 3 amide bonds. The minimum Gasteiger partial charge on any atom is -0.497 e. The molecular formula is C25H27N3O9S. The van der Waals surface area contributed by atoms with E-state index in [1.54, 1.807) is 12.1 Å². The number of fused-ring (bicyclic) bond motifs is 1. The lowest BCUT2D eigenvalue weighted by molar-refractivity contribution is -0.142. The molecule has 1 atom stereocenters. The van der Waals surface area contributed by atoms with Crippen molar-refractivity contribution in [3.8, 4) is 11.5 Å². The van der Waals surface area contributed by atoms with Gasteiger partial charge in [0, 0.05) is 38.7 Å². The molecule has 1 fully saturated rings. The Morgan fingerprint density at radius 1 is 0.947 bits per heavy atom. The summed E-state index contributed by atoms with van der Waals surface area (Å²) in [5, 5.41) is 9.72. The highest BCUT2D eigenvalue weighted by Crippen LogP contribution is 2.31. The lowest BCUT2D eigenvalue weighted by Crippen LogP contribution is -2.51. The lowest BCUT2D eigenvalue weighted by Gasteiger charge is -2.34. The van der Waals surface area contributed by atoms with E-state index < -0.39 is 39.8 Å². The van der Waals surface area contributed by atoms with Gasteiger partial charge in [-0.05, 0) is 30.7 Å². The monoisotopic (exact) mass is 545 g/mol. The van der Waals surface area contributed by atoms with Crippen molar-refractivity contribution in [1.29, 1.82) is 0 Å². The third kappa shape index (κ3) is 4.94. The van der Waals surface area contributed by atoms with Gasteiger partial charge in [-0.2, -0.15) is 4.31 Å². The molecule has 13 heteroatoms. The predicted octanol–water partition coefficient (Wildman–Crippen LogP) is 1.07. The zero-order valence-electron chi connectivity index (χ0n) is 20.8. The number of ether oxygens (including phenoxy) is 2. The third-order valence-electron chi connectivity index (χ3n) is 6.63. The van der Waals surface area contributed by atoms with Gasteiger partial charge in [0.1, 0.15) is 22.4 Å². The number of amides is 3. The average molecular weight is 546 g/mol. The van der Waals surface area contributed by atoms with Crippen molar-refractivity contribution in [3.05, 3.63) is 53.6 Å². The number of piperazine rings is 1. The first kappa shape index (κ1) is 27.1. The molecule has 12 nitrogen and oxygen atoms in total. The van der Waals surface area contributed by atoms with Crippen LogP contribution in [0.2, 0.25) is 0 Å². The van der Waals surface area contributed by atoms with Crippen molar-refractivity contribution >= 4 is 33.7 Å². The summed E-state index contributed by atoms with van der Waals surface area (Å²) in [5.74, 6) is -2.63. The van der Waals surface area contributed by atoms with E-state index in [4.69, 9.17) is 9.47 Å². The maximum Gasteiger partial charge on any atom is 0.326 e. The zero-order chi connectivity index (χ0) is 27.6. The molecule has 2 heterocycles. The van der Waals surface area contributed by atoms with E-state index in [2.05, 4.69) is 0 Å². The molecule has 1 saturated heterocycles. The van der Waals surface area contributed by atoms with Gasteiger partial charge >= 0.3 is 5.97 Å². The van der Waals surface area contributed by atoms with E-state index in [0.717, 1.165) is 0 Å². The Morgan fingerprint density at radius 3 is 2.08 bits per heavy atom. The lowest BCUT2D eigenvalue weighted by atomic mass is 10.1. The first-order chi connectivity index (χ1) is 18.1. The van der Waals surface area contributed by atoms with Crippen LogP contribution in [-0.4, -0.2) is 97.8 Å².